The van der Waals surface area contributed by atoms with E-state index in [2.05, 4.69) is 11.4 Å². The predicted octanol–water partition coefficient (Wildman–Crippen LogP) is 1.71. The number of nitrogens with zero attached hydrogens (tertiary/aromatic N) is 1. The minimum atomic E-state index is -2.91. The summed E-state index contributed by atoms with van der Waals surface area (Å²) in [4.78, 5) is 0. The summed E-state index contributed by atoms with van der Waals surface area (Å²) in [6.45, 7) is 2.42. The van der Waals surface area contributed by atoms with Crippen molar-refractivity contribution in [3.8, 4) is 6.07 Å². The Morgan fingerprint density at radius 2 is 2.12 bits per heavy atom. The molecule has 0 fully saturated rings. The zero-order valence-corrected chi connectivity index (χ0v) is 10.8. The topological polar surface area (TPSA) is 70.0 Å². The van der Waals surface area contributed by atoms with Gasteiger partial charge in [-0.2, -0.15) is 5.26 Å². The average molecular weight is 252 g/mol. The summed E-state index contributed by atoms with van der Waals surface area (Å²) in [7, 11) is -2.91. The van der Waals surface area contributed by atoms with Crippen LogP contribution in [0, 0.1) is 18.3 Å². The number of rotatable bonds is 5. The molecule has 0 atom stereocenters. The summed E-state index contributed by atoms with van der Waals surface area (Å²) in [5.41, 5.74) is 2.30. The highest BCUT2D eigenvalue weighted by Gasteiger charge is 2.05. The number of nitriles is 1. The highest BCUT2D eigenvalue weighted by atomic mass is 32.2. The molecule has 0 aromatic heterocycles. The molecule has 1 aromatic carbocycles. The lowest BCUT2D eigenvalue weighted by Crippen LogP contribution is -2.10. The zero-order chi connectivity index (χ0) is 12.9. The smallest absolute Gasteiger partial charge is 0.147 e. The molecule has 1 rings (SSSR count). The lowest BCUT2D eigenvalue weighted by molar-refractivity contribution is 0.600. The summed E-state index contributed by atoms with van der Waals surface area (Å²) in [5, 5.41) is 12.1. The number of nitrogens with one attached hydrogen (secondary N) is 1. The fourth-order valence-corrected chi connectivity index (χ4v) is 2.19. The maximum absolute atomic E-state index is 10.9. The van der Waals surface area contributed by atoms with Crippen molar-refractivity contribution in [3.63, 3.8) is 0 Å². The van der Waals surface area contributed by atoms with E-state index >= 15 is 0 Å². The minimum absolute atomic E-state index is 0.160. The zero-order valence-electron chi connectivity index (χ0n) is 10.0. The van der Waals surface area contributed by atoms with Crippen LogP contribution in [0.1, 0.15) is 17.5 Å². The molecule has 0 aliphatic carbocycles. The highest BCUT2D eigenvalue weighted by molar-refractivity contribution is 7.90. The summed E-state index contributed by atoms with van der Waals surface area (Å²) < 4.78 is 21.9. The molecule has 17 heavy (non-hydrogen) atoms. The van der Waals surface area contributed by atoms with Crippen molar-refractivity contribution in [1.82, 2.24) is 0 Å². The number of sulfone groups is 1. The van der Waals surface area contributed by atoms with Crippen LogP contribution in [0.25, 0.3) is 0 Å². The first kappa shape index (κ1) is 13.5. The number of hydrogen-bond donors (Lipinski definition) is 1. The number of anilines is 1. The monoisotopic (exact) mass is 252 g/mol. The van der Waals surface area contributed by atoms with Crippen LogP contribution in [0.2, 0.25) is 0 Å². The van der Waals surface area contributed by atoms with Gasteiger partial charge in [0.1, 0.15) is 15.9 Å². The minimum Gasteiger partial charge on any atom is -0.384 e. The lowest BCUT2D eigenvalue weighted by Gasteiger charge is -2.09. The summed E-state index contributed by atoms with van der Waals surface area (Å²) >= 11 is 0. The summed E-state index contributed by atoms with van der Waals surface area (Å²) in [6.07, 6.45) is 1.76. The van der Waals surface area contributed by atoms with Gasteiger partial charge in [-0.1, -0.05) is 12.1 Å². The van der Waals surface area contributed by atoms with Crippen LogP contribution in [-0.4, -0.2) is 27.0 Å². The first-order valence-electron chi connectivity index (χ1n) is 5.35. The number of aryl methyl sites for hydroxylation is 1. The van der Waals surface area contributed by atoms with Gasteiger partial charge in [0, 0.05) is 12.8 Å². The number of hydrogen-bond acceptors (Lipinski definition) is 4. The molecule has 0 radical (unpaired) electrons. The third kappa shape index (κ3) is 4.45. The van der Waals surface area contributed by atoms with E-state index in [9.17, 15) is 8.42 Å². The van der Waals surface area contributed by atoms with Crippen molar-refractivity contribution in [2.45, 2.75) is 13.3 Å². The van der Waals surface area contributed by atoms with Crippen molar-refractivity contribution in [2.24, 2.45) is 0 Å². The van der Waals surface area contributed by atoms with E-state index in [1.807, 2.05) is 25.1 Å². The molecule has 92 valence electrons. The van der Waals surface area contributed by atoms with E-state index in [4.69, 9.17) is 5.26 Å². The van der Waals surface area contributed by atoms with Crippen LogP contribution < -0.4 is 5.32 Å². The van der Waals surface area contributed by atoms with Crippen molar-refractivity contribution in [3.05, 3.63) is 29.3 Å². The van der Waals surface area contributed by atoms with Gasteiger partial charge in [0.15, 0.2) is 0 Å². The molecule has 0 amide bonds. The van der Waals surface area contributed by atoms with Crippen LogP contribution in [-0.2, 0) is 9.84 Å². The second-order valence-electron chi connectivity index (χ2n) is 4.02. The first-order chi connectivity index (χ1) is 7.94. The van der Waals surface area contributed by atoms with E-state index in [-0.39, 0.29) is 5.75 Å². The maximum Gasteiger partial charge on any atom is 0.147 e. The average Bonchev–Trinajstić information content (AvgIpc) is 2.23. The molecule has 5 heteroatoms. The normalized spacial score (nSPS) is 10.9. The third-order valence-electron chi connectivity index (χ3n) is 2.39. The highest BCUT2D eigenvalue weighted by Crippen LogP contribution is 2.18. The molecular weight excluding hydrogens is 236 g/mol. The molecule has 4 nitrogen and oxygen atoms in total. The molecule has 0 saturated carbocycles. The molecule has 0 heterocycles. The van der Waals surface area contributed by atoms with Gasteiger partial charge >= 0.3 is 0 Å². The second kappa shape index (κ2) is 5.69. The Morgan fingerprint density at radius 3 is 2.71 bits per heavy atom. The Bertz CT molecular complexity index is 530. The summed E-state index contributed by atoms with van der Waals surface area (Å²) in [5.74, 6) is 0.160. The quantitative estimate of drug-likeness (QED) is 0.810. The van der Waals surface area contributed by atoms with Gasteiger partial charge in [0.05, 0.1) is 17.0 Å². The molecule has 0 aliphatic heterocycles. The van der Waals surface area contributed by atoms with Gasteiger partial charge in [0.2, 0.25) is 0 Å². The van der Waals surface area contributed by atoms with E-state index in [0.717, 1.165) is 11.3 Å². The van der Waals surface area contributed by atoms with Crippen molar-refractivity contribution in [2.75, 3.05) is 23.9 Å². The van der Waals surface area contributed by atoms with Crippen LogP contribution in [0.5, 0.6) is 0 Å². The molecule has 0 aliphatic rings. The standard InChI is InChI=1S/C12H16N2O2S/c1-10-5-3-6-12(11(10)9-13)14-7-4-8-17(2,15)16/h3,5-6,14H,4,7-8H2,1-2H3. The van der Waals surface area contributed by atoms with Gasteiger partial charge < -0.3 is 5.32 Å². The molecule has 0 spiro atoms. The molecule has 0 saturated heterocycles. The van der Waals surface area contributed by atoms with Gasteiger partial charge in [-0.05, 0) is 25.0 Å². The molecule has 1 N–H and O–H groups in total. The number of benzene rings is 1. The fourth-order valence-electron chi connectivity index (χ4n) is 1.52. The molecular formula is C12H16N2O2S. The maximum atomic E-state index is 10.9. The molecule has 0 unspecified atom stereocenters. The van der Waals surface area contributed by atoms with Crippen molar-refractivity contribution < 1.29 is 8.42 Å². The van der Waals surface area contributed by atoms with Gasteiger partial charge in [-0.25, -0.2) is 8.42 Å². The molecule has 1 aromatic rings. The van der Waals surface area contributed by atoms with E-state index in [1.54, 1.807) is 0 Å². The van der Waals surface area contributed by atoms with Crippen LogP contribution in [0.3, 0.4) is 0 Å². The van der Waals surface area contributed by atoms with Gasteiger partial charge in [-0.15, -0.1) is 0 Å². The predicted molar refractivity (Wildman–Crippen MR) is 68.7 cm³/mol. The van der Waals surface area contributed by atoms with E-state index in [0.29, 0.717) is 18.5 Å². The largest absolute Gasteiger partial charge is 0.384 e. The summed E-state index contributed by atoms with van der Waals surface area (Å²) in [6, 6.07) is 7.71. The van der Waals surface area contributed by atoms with E-state index < -0.39 is 9.84 Å². The Morgan fingerprint density at radius 1 is 1.41 bits per heavy atom. The molecule has 0 bridgehead atoms. The van der Waals surface area contributed by atoms with Crippen LogP contribution in [0.4, 0.5) is 5.69 Å². The Hall–Kier alpha value is -1.54. The van der Waals surface area contributed by atoms with E-state index in [1.165, 1.54) is 6.26 Å². The SMILES string of the molecule is Cc1cccc(NCCCS(C)(=O)=O)c1C#N. The second-order valence-corrected chi connectivity index (χ2v) is 6.28. The lowest BCUT2D eigenvalue weighted by atomic mass is 10.1. The van der Waals surface area contributed by atoms with Gasteiger partial charge in [0.25, 0.3) is 0 Å². The fraction of sp³-hybridized carbons (Fsp3) is 0.417. The van der Waals surface area contributed by atoms with Crippen LogP contribution >= 0.6 is 0 Å². The van der Waals surface area contributed by atoms with Crippen molar-refractivity contribution in [1.29, 1.82) is 5.26 Å². The van der Waals surface area contributed by atoms with Crippen LogP contribution in [0.15, 0.2) is 18.2 Å². The third-order valence-corrected chi connectivity index (χ3v) is 3.42. The van der Waals surface area contributed by atoms with Crippen molar-refractivity contribution >= 4 is 15.5 Å². The Labute approximate surface area is 102 Å². The van der Waals surface area contributed by atoms with Gasteiger partial charge in [-0.3, -0.25) is 0 Å². The Balaban J connectivity index is 2.59. The first-order valence-corrected chi connectivity index (χ1v) is 7.41. The Kier molecular flexibility index (Phi) is 4.53.